The lowest BCUT2D eigenvalue weighted by molar-refractivity contribution is 0.426. The first-order valence-corrected chi connectivity index (χ1v) is 5.58. The Hall–Kier alpha value is -1.30. The van der Waals surface area contributed by atoms with Crippen LogP contribution < -0.4 is 5.46 Å². The first kappa shape index (κ1) is 12.2. The Morgan fingerprint density at radius 3 is 2.41 bits per heavy atom. The zero-order chi connectivity index (χ0) is 12.4. The van der Waals surface area contributed by atoms with Gasteiger partial charge in [0.15, 0.2) is 0 Å². The molecule has 17 heavy (non-hydrogen) atoms. The van der Waals surface area contributed by atoms with E-state index in [9.17, 15) is 0 Å². The highest BCUT2D eigenvalue weighted by Crippen LogP contribution is 2.14. The van der Waals surface area contributed by atoms with E-state index in [0.717, 1.165) is 11.3 Å². The van der Waals surface area contributed by atoms with Gasteiger partial charge in [-0.2, -0.15) is 5.10 Å². The average molecular weight is 250 g/mol. The maximum absolute atomic E-state index is 8.97. The molecule has 1 aromatic carbocycles. The van der Waals surface area contributed by atoms with Gasteiger partial charge in [-0.15, -0.1) is 0 Å². The molecule has 0 unspecified atom stereocenters. The van der Waals surface area contributed by atoms with E-state index in [0.29, 0.717) is 17.0 Å². The van der Waals surface area contributed by atoms with Crippen molar-refractivity contribution in [3.63, 3.8) is 0 Å². The van der Waals surface area contributed by atoms with Gasteiger partial charge in [0.1, 0.15) is 0 Å². The fourth-order valence-corrected chi connectivity index (χ4v) is 1.69. The third-order valence-corrected chi connectivity index (χ3v) is 3.02. The summed E-state index contributed by atoms with van der Waals surface area (Å²) < 4.78 is 1.80. The normalized spacial score (nSPS) is 10.6. The fourth-order valence-electron chi connectivity index (χ4n) is 1.55. The zero-order valence-electron chi connectivity index (χ0n) is 9.34. The number of benzene rings is 1. The van der Waals surface area contributed by atoms with Crippen LogP contribution >= 0.6 is 11.6 Å². The number of hydrogen-bond acceptors (Lipinski definition) is 3. The van der Waals surface area contributed by atoms with Crippen LogP contribution in [-0.2, 0) is 6.54 Å². The molecule has 2 rings (SSSR count). The van der Waals surface area contributed by atoms with Crippen molar-refractivity contribution < 1.29 is 10.0 Å². The average Bonchev–Trinajstić information content (AvgIpc) is 2.62. The van der Waals surface area contributed by atoms with Gasteiger partial charge in [0.05, 0.1) is 23.5 Å². The summed E-state index contributed by atoms with van der Waals surface area (Å²) in [5.74, 6) is 0. The summed E-state index contributed by atoms with van der Waals surface area (Å²) in [6.45, 7) is 2.52. The highest BCUT2D eigenvalue weighted by molar-refractivity contribution is 6.58. The molecular formula is C11H12BClN2O2. The zero-order valence-corrected chi connectivity index (χ0v) is 10.1. The van der Waals surface area contributed by atoms with Gasteiger partial charge in [-0.3, -0.25) is 4.68 Å². The number of nitrogens with zero attached hydrogens (tertiary/aromatic N) is 2. The molecule has 2 aromatic rings. The largest absolute Gasteiger partial charge is 0.488 e. The quantitative estimate of drug-likeness (QED) is 0.783. The Morgan fingerprint density at radius 1 is 1.29 bits per heavy atom. The fraction of sp³-hybridized carbons (Fsp3) is 0.182. The predicted molar refractivity (Wildman–Crippen MR) is 67.3 cm³/mol. The summed E-state index contributed by atoms with van der Waals surface area (Å²) in [6.07, 6.45) is 1.61. The topological polar surface area (TPSA) is 58.3 Å². The van der Waals surface area contributed by atoms with Crippen molar-refractivity contribution in [2.24, 2.45) is 0 Å². The molecule has 0 amide bonds. The Bertz CT molecular complexity index is 511. The second-order valence-corrected chi connectivity index (χ2v) is 4.26. The summed E-state index contributed by atoms with van der Waals surface area (Å²) in [5, 5.41) is 22.7. The third kappa shape index (κ3) is 2.69. The van der Waals surface area contributed by atoms with E-state index in [-0.39, 0.29) is 0 Å². The van der Waals surface area contributed by atoms with E-state index < -0.39 is 7.12 Å². The highest BCUT2D eigenvalue weighted by Gasteiger charge is 2.10. The lowest BCUT2D eigenvalue weighted by Gasteiger charge is -2.06. The van der Waals surface area contributed by atoms with Crippen LogP contribution in [0.15, 0.2) is 30.5 Å². The lowest BCUT2D eigenvalue weighted by atomic mass is 9.80. The summed E-state index contributed by atoms with van der Waals surface area (Å²) in [6, 6.07) is 7.04. The monoisotopic (exact) mass is 250 g/mol. The third-order valence-electron chi connectivity index (χ3n) is 2.65. The van der Waals surface area contributed by atoms with Crippen LogP contribution in [0.25, 0.3) is 0 Å². The summed E-state index contributed by atoms with van der Waals surface area (Å²) in [5.41, 5.74) is 2.42. The molecule has 1 heterocycles. The molecule has 0 aliphatic carbocycles. The Balaban J connectivity index is 2.17. The minimum Gasteiger partial charge on any atom is -0.423 e. The molecule has 0 aliphatic heterocycles. The molecule has 0 spiro atoms. The van der Waals surface area contributed by atoms with Crippen LogP contribution in [0, 0.1) is 6.92 Å². The highest BCUT2D eigenvalue weighted by atomic mass is 35.5. The summed E-state index contributed by atoms with van der Waals surface area (Å²) >= 11 is 5.91. The van der Waals surface area contributed by atoms with Crippen LogP contribution in [0.4, 0.5) is 0 Å². The van der Waals surface area contributed by atoms with Crippen molar-refractivity contribution in [1.29, 1.82) is 0 Å². The number of hydrogen-bond donors (Lipinski definition) is 2. The van der Waals surface area contributed by atoms with Crippen LogP contribution in [0.1, 0.15) is 11.3 Å². The minimum absolute atomic E-state index is 0.476. The van der Waals surface area contributed by atoms with Crippen molar-refractivity contribution >= 4 is 24.2 Å². The molecule has 2 N–H and O–H groups in total. The number of rotatable bonds is 3. The van der Waals surface area contributed by atoms with Crippen molar-refractivity contribution in [2.75, 3.05) is 0 Å². The van der Waals surface area contributed by atoms with Gasteiger partial charge >= 0.3 is 7.12 Å². The molecule has 88 valence electrons. The van der Waals surface area contributed by atoms with Gasteiger partial charge in [-0.05, 0) is 17.9 Å². The van der Waals surface area contributed by atoms with Crippen molar-refractivity contribution in [3.05, 3.63) is 46.7 Å². The molecule has 1 aromatic heterocycles. The summed E-state index contributed by atoms with van der Waals surface area (Å²) in [4.78, 5) is 0. The molecular weight excluding hydrogens is 238 g/mol. The molecule has 0 bridgehead atoms. The van der Waals surface area contributed by atoms with Crippen molar-refractivity contribution in [1.82, 2.24) is 9.78 Å². The lowest BCUT2D eigenvalue weighted by Crippen LogP contribution is -2.29. The van der Waals surface area contributed by atoms with Gasteiger partial charge in [0.2, 0.25) is 0 Å². The number of halogens is 1. The van der Waals surface area contributed by atoms with Gasteiger partial charge in [0.25, 0.3) is 0 Å². The molecule has 0 radical (unpaired) electrons. The predicted octanol–water partition coefficient (Wildman–Crippen LogP) is 0.573. The van der Waals surface area contributed by atoms with Crippen LogP contribution in [0.3, 0.4) is 0 Å². The maximum Gasteiger partial charge on any atom is 0.488 e. The molecule has 6 heteroatoms. The van der Waals surface area contributed by atoms with Crippen molar-refractivity contribution in [3.8, 4) is 0 Å². The van der Waals surface area contributed by atoms with E-state index in [4.69, 9.17) is 21.6 Å². The standard InChI is InChI=1S/C11H12BClN2O2/c1-8-11(13)6-14-15(8)7-9-2-4-10(5-3-9)12(16)17/h2-6,16-17H,7H2,1H3. The molecule has 0 fully saturated rings. The second-order valence-electron chi connectivity index (χ2n) is 3.85. The van der Waals surface area contributed by atoms with E-state index >= 15 is 0 Å². The molecule has 0 saturated carbocycles. The Kier molecular flexibility index (Phi) is 3.52. The maximum atomic E-state index is 8.97. The SMILES string of the molecule is Cc1c(Cl)cnn1Cc1ccc(B(O)O)cc1. The van der Waals surface area contributed by atoms with E-state index in [2.05, 4.69) is 5.10 Å². The minimum atomic E-state index is -1.43. The molecule has 0 aliphatic rings. The van der Waals surface area contributed by atoms with Gasteiger partial charge in [-0.1, -0.05) is 35.9 Å². The van der Waals surface area contributed by atoms with Gasteiger partial charge in [0, 0.05) is 0 Å². The first-order chi connectivity index (χ1) is 8.08. The van der Waals surface area contributed by atoms with Gasteiger partial charge < -0.3 is 10.0 Å². The van der Waals surface area contributed by atoms with Crippen LogP contribution in [-0.4, -0.2) is 26.9 Å². The Labute approximate surface area is 105 Å². The van der Waals surface area contributed by atoms with Crippen LogP contribution in [0.2, 0.25) is 5.02 Å². The van der Waals surface area contributed by atoms with E-state index in [1.807, 2.05) is 19.1 Å². The molecule has 0 atom stereocenters. The second kappa shape index (κ2) is 4.92. The van der Waals surface area contributed by atoms with Crippen LogP contribution in [0.5, 0.6) is 0 Å². The molecule has 4 nitrogen and oxygen atoms in total. The van der Waals surface area contributed by atoms with E-state index in [1.165, 1.54) is 0 Å². The van der Waals surface area contributed by atoms with E-state index in [1.54, 1.807) is 23.0 Å². The summed E-state index contributed by atoms with van der Waals surface area (Å²) in [7, 11) is -1.43. The Morgan fingerprint density at radius 2 is 1.94 bits per heavy atom. The van der Waals surface area contributed by atoms with Crippen molar-refractivity contribution in [2.45, 2.75) is 13.5 Å². The van der Waals surface area contributed by atoms with Gasteiger partial charge in [-0.25, -0.2) is 0 Å². The first-order valence-electron chi connectivity index (χ1n) is 5.21. The number of aromatic nitrogens is 2. The smallest absolute Gasteiger partial charge is 0.423 e. The molecule has 0 saturated heterocycles.